The van der Waals surface area contributed by atoms with Gasteiger partial charge in [0.25, 0.3) is 0 Å². The molecule has 0 saturated carbocycles. The summed E-state index contributed by atoms with van der Waals surface area (Å²) in [5, 5.41) is 14.6. The predicted octanol–water partition coefficient (Wildman–Crippen LogP) is -0.110. The molecule has 0 aromatic carbocycles. The third-order valence-corrected chi connectivity index (χ3v) is 2.21. The van der Waals surface area contributed by atoms with Crippen molar-refractivity contribution < 1.29 is 9.94 Å². The van der Waals surface area contributed by atoms with Gasteiger partial charge in [-0.25, -0.2) is 0 Å². The molecule has 4 N–H and O–H groups in total. The van der Waals surface area contributed by atoms with Crippen molar-refractivity contribution in [2.45, 2.75) is 31.8 Å². The molecular weight excluding hydrogens is 170 g/mol. The van der Waals surface area contributed by atoms with Crippen molar-refractivity contribution in [1.29, 1.82) is 0 Å². The zero-order chi connectivity index (χ0) is 9.68. The normalized spacial score (nSPS) is 27.2. The smallest absolute Gasteiger partial charge is 0.156 e. The number of oxime groups is 1. The van der Waals surface area contributed by atoms with Crippen molar-refractivity contribution in [2.75, 3.05) is 13.2 Å². The molecule has 1 aliphatic rings. The Balaban J connectivity index is 2.30. The second-order valence-electron chi connectivity index (χ2n) is 3.33. The lowest BCUT2D eigenvalue weighted by atomic mass is 10.1. The standard InChI is InChI=1S/C8H17N3O2/c1-6(8(9)11-12)10-7-3-2-4-13-5-7/h6-7,10,12H,2-5H2,1H3,(H2,9,11). The fraction of sp³-hybridized carbons (Fsp3) is 0.875. The molecule has 5 nitrogen and oxygen atoms in total. The lowest BCUT2D eigenvalue weighted by Gasteiger charge is -2.26. The van der Waals surface area contributed by atoms with E-state index in [4.69, 9.17) is 15.7 Å². The minimum Gasteiger partial charge on any atom is -0.409 e. The summed E-state index contributed by atoms with van der Waals surface area (Å²) < 4.78 is 5.29. The Morgan fingerprint density at radius 3 is 3.08 bits per heavy atom. The number of rotatable bonds is 3. The Kier molecular flexibility index (Phi) is 3.98. The number of ether oxygens (including phenoxy) is 1. The first kappa shape index (κ1) is 10.3. The van der Waals surface area contributed by atoms with Gasteiger partial charge in [-0.2, -0.15) is 0 Å². The van der Waals surface area contributed by atoms with Gasteiger partial charge in [-0.3, -0.25) is 0 Å². The van der Waals surface area contributed by atoms with Crippen LogP contribution in [-0.2, 0) is 4.74 Å². The van der Waals surface area contributed by atoms with E-state index in [9.17, 15) is 0 Å². The highest BCUT2D eigenvalue weighted by molar-refractivity contribution is 5.84. The maximum Gasteiger partial charge on any atom is 0.156 e. The molecule has 0 amide bonds. The third-order valence-electron chi connectivity index (χ3n) is 2.21. The number of nitrogens with one attached hydrogen (secondary N) is 1. The Morgan fingerprint density at radius 2 is 2.54 bits per heavy atom. The molecule has 1 saturated heterocycles. The number of nitrogens with zero attached hydrogens (tertiary/aromatic N) is 1. The van der Waals surface area contributed by atoms with Gasteiger partial charge in [0.1, 0.15) is 0 Å². The highest BCUT2D eigenvalue weighted by Gasteiger charge is 2.17. The van der Waals surface area contributed by atoms with Gasteiger partial charge in [0.2, 0.25) is 0 Å². The van der Waals surface area contributed by atoms with E-state index in [0.29, 0.717) is 12.6 Å². The lowest BCUT2D eigenvalue weighted by molar-refractivity contribution is 0.0693. The zero-order valence-corrected chi connectivity index (χ0v) is 7.86. The van der Waals surface area contributed by atoms with E-state index in [0.717, 1.165) is 19.4 Å². The minimum atomic E-state index is -0.100. The van der Waals surface area contributed by atoms with Crippen molar-refractivity contribution in [3.8, 4) is 0 Å². The SMILES string of the molecule is CC(NC1CCCOC1)C(N)=NO. The molecule has 0 radical (unpaired) electrons. The molecule has 1 aliphatic heterocycles. The molecule has 1 rings (SSSR count). The van der Waals surface area contributed by atoms with Crippen LogP contribution in [0.4, 0.5) is 0 Å². The number of amidine groups is 1. The van der Waals surface area contributed by atoms with Gasteiger partial charge in [-0.1, -0.05) is 5.16 Å². The largest absolute Gasteiger partial charge is 0.409 e. The predicted molar refractivity (Wildman–Crippen MR) is 49.8 cm³/mol. The first-order chi connectivity index (χ1) is 6.24. The maximum absolute atomic E-state index is 8.43. The quantitative estimate of drug-likeness (QED) is 0.249. The summed E-state index contributed by atoms with van der Waals surface area (Å²) in [5.41, 5.74) is 5.43. The van der Waals surface area contributed by atoms with E-state index < -0.39 is 0 Å². The van der Waals surface area contributed by atoms with Gasteiger partial charge in [-0.15, -0.1) is 0 Å². The van der Waals surface area contributed by atoms with Crippen LogP contribution in [0, 0.1) is 0 Å². The van der Waals surface area contributed by atoms with Crippen molar-refractivity contribution in [1.82, 2.24) is 5.32 Å². The fourth-order valence-corrected chi connectivity index (χ4v) is 1.40. The second kappa shape index (κ2) is 5.04. The van der Waals surface area contributed by atoms with Crippen LogP contribution < -0.4 is 11.1 Å². The van der Waals surface area contributed by atoms with Crippen LogP contribution in [0.2, 0.25) is 0 Å². The highest BCUT2D eigenvalue weighted by atomic mass is 16.5. The van der Waals surface area contributed by atoms with E-state index in [2.05, 4.69) is 10.5 Å². The van der Waals surface area contributed by atoms with Crippen LogP contribution in [0.3, 0.4) is 0 Å². The summed E-state index contributed by atoms with van der Waals surface area (Å²) >= 11 is 0. The Labute approximate surface area is 77.9 Å². The van der Waals surface area contributed by atoms with Crippen LogP contribution in [-0.4, -0.2) is 36.3 Å². The second-order valence-corrected chi connectivity index (χ2v) is 3.33. The van der Waals surface area contributed by atoms with Crippen LogP contribution in [0.1, 0.15) is 19.8 Å². The summed E-state index contributed by atoms with van der Waals surface area (Å²) in [4.78, 5) is 0. The first-order valence-corrected chi connectivity index (χ1v) is 4.55. The number of nitrogens with two attached hydrogens (primary N) is 1. The van der Waals surface area contributed by atoms with Crippen LogP contribution in [0.5, 0.6) is 0 Å². The summed E-state index contributed by atoms with van der Waals surface area (Å²) in [6.07, 6.45) is 2.16. The molecule has 0 aromatic rings. The monoisotopic (exact) mass is 187 g/mol. The Hall–Kier alpha value is -0.810. The molecule has 1 fully saturated rings. The minimum absolute atomic E-state index is 0.100. The average Bonchev–Trinajstić information content (AvgIpc) is 2.18. The van der Waals surface area contributed by atoms with Gasteiger partial charge in [0.05, 0.1) is 12.6 Å². The van der Waals surface area contributed by atoms with Crippen molar-refractivity contribution >= 4 is 5.84 Å². The van der Waals surface area contributed by atoms with E-state index in [1.54, 1.807) is 0 Å². The molecule has 0 aliphatic carbocycles. The van der Waals surface area contributed by atoms with Crippen LogP contribution in [0.25, 0.3) is 0 Å². The van der Waals surface area contributed by atoms with E-state index in [1.807, 2.05) is 6.92 Å². The molecule has 1 heterocycles. The molecule has 76 valence electrons. The Morgan fingerprint density at radius 1 is 1.77 bits per heavy atom. The number of hydrogen-bond donors (Lipinski definition) is 3. The molecule has 2 unspecified atom stereocenters. The zero-order valence-electron chi connectivity index (χ0n) is 7.86. The third kappa shape index (κ3) is 3.20. The molecule has 0 spiro atoms. The van der Waals surface area contributed by atoms with Gasteiger partial charge in [-0.05, 0) is 19.8 Å². The molecule has 0 aromatic heterocycles. The van der Waals surface area contributed by atoms with Gasteiger partial charge >= 0.3 is 0 Å². The maximum atomic E-state index is 8.43. The fourth-order valence-electron chi connectivity index (χ4n) is 1.40. The van der Waals surface area contributed by atoms with Crippen molar-refractivity contribution in [2.24, 2.45) is 10.9 Å². The summed E-state index contributed by atoms with van der Waals surface area (Å²) in [5.74, 6) is 0.213. The molecule has 2 atom stereocenters. The summed E-state index contributed by atoms with van der Waals surface area (Å²) in [6, 6.07) is 0.223. The average molecular weight is 187 g/mol. The molecular formula is C8H17N3O2. The topological polar surface area (TPSA) is 79.9 Å². The molecule has 13 heavy (non-hydrogen) atoms. The van der Waals surface area contributed by atoms with Gasteiger partial charge in [0.15, 0.2) is 5.84 Å². The molecule has 5 heteroatoms. The van der Waals surface area contributed by atoms with E-state index in [-0.39, 0.29) is 11.9 Å². The van der Waals surface area contributed by atoms with E-state index >= 15 is 0 Å². The first-order valence-electron chi connectivity index (χ1n) is 4.55. The van der Waals surface area contributed by atoms with Crippen molar-refractivity contribution in [3.63, 3.8) is 0 Å². The Bertz CT molecular complexity index is 178. The summed E-state index contributed by atoms with van der Waals surface area (Å²) in [7, 11) is 0. The van der Waals surface area contributed by atoms with Crippen LogP contribution >= 0.6 is 0 Å². The summed E-state index contributed by atoms with van der Waals surface area (Å²) in [6.45, 7) is 3.42. The highest BCUT2D eigenvalue weighted by Crippen LogP contribution is 2.06. The van der Waals surface area contributed by atoms with E-state index in [1.165, 1.54) is 0 Å². The van der Waals surface area contributed by atoms with Crippen LogP contribution in [0.15, 0.2) is 5.16 Å². The van der Waals surface area contributed by atoms with Gasteiger partial charge in [0, 0.05) is 12.6 Å². The van der Waals surface area contributed by atoms with Gasteiger partial charge < -0.3 is 21.0 Å². The number of hydrogen-bond acceptors (Lipinski definition) is 4. The lowest BCUT2D eigenvalue weighted by Crippen LogP contribution is -2.47. The molecule has 0 bridgehead atoms. The van der Waals surface area contributed by atoms with Crippen molar-refractivity contribution in [3.05, 3.63) is 0 Å².